The molecule has 0 spiro atoms. The van der Waals surface area contributed by atoms with Crippen LogP contribution < -0.4 is 5.32 Å². The van der Waals surface area contributed by atoms with Crippen molar-refractivity contribution in [1.29, 1.82) is 0 Å². The van der Waals surface area contributed by atoms with Gasteiger partial charge in [-0.15, -0.1) is 0 Å². The fourth-order valence-electron chi connectivity index (χ4n) is 1.87. The fourth-order valence-corrected chi connectivity index (χ4v) is 1.87. The summed E-state index contributed by atoms with van der Waals surface area (Å²) in [6.07, 6.45) is 1.30. The summed E-state index contributed by atoms with van der Waals surface area (Å²) in [5.41, 5.74) is 1.29. The number of nitrogens with one attached hydrogen (secondary N) is 1. The zero-order valence-corrected chi connectivity index (χ0v) is 11.9. The molecule has 4 heteroatoms. The average molecular weight is 262 g/mol. The van der Waals surface area contributed by atoms with E-state index in [9.17, 15) is 9.59 Å². The molecule has 0 aliphatic carbocycles. The van der Waals surface area contributed by atoms with Gasteiger partial charge in [0.25, 0.3) is 5.91 Å². The highest BCUT2D eigenvalue weighted by Gasteiger charge is 2.12. The number of amides is 2. The Morgan fingerprint density at radius 3 is 2.42 bits per heavy atom. The van der Waals surface area contributed by atoms with E-state index in [0.29, 0.717) is 30.8 Å². The van der Waals surface area contributed by atoms with Crippen molar-refractivity contribution in [1.82, 2.24) is 4.90 Å². The number of hydrogen-bond acceptors (Lipinski definition) is 2. The Morgan fingerprint density at radius 1 is 1.16 bits per heavy atom. The molecule has 2 amide bonds. The van der Waals surface area contributed by atoms with Gasteiger partial charge in [-0.1, -0.05) is 13.0 Å². The molecule has 0 saturated heterocycles. The van der Waals surface area contributed by atoms with Crippen molar-refractivity contribution in [2.75, 3.05) is 18.4 Å². The minimum absolute atomic E-state index is 0.00316. The summed E-state index contributed by atoms with van der Waals surface area (Å²) in [7, 11) is 0. The lowest BCUT2D eigenvalue weighted by molar-refractivity contribution is -0.116. The molecule has 4 nitrogen and oxygen atoms in total. The number of nitrogens with zero attached hydrogens (tertiary/aromatic N) is 1. The normalized spacial score (nSPS) is 10.1. The van der Waals surface area contributed by atoms with Crippen LogP contribution in [0.15, 0.2) is 24.3 Å². The van der Waals surface area contributed by atoms with Crippen LogP contribution >= 0.6 is 0 Å². The molecular weight excluding hydrogens is 240 g/mol. The van der Waals surface area contributed by atoms with E-state index in [1.165, 1.54) is 0 Å². The minimum Gasteiger partial charge on any atom is -0.339 e. The number of benzene rings is 1. The van der Waals surface area contributed by atoms with Crippen LogP contribution in [0.2, 0.25) is 0 Å². The molecule has 104 valence electrons. The third-order valence-corrected chi connectivity index (χ3v) is 2.92. The summed E-state index contributed by atoms with van der Waals surface area (Å²) in [4.78, 5) is 25.5. The van der Waals surface area contributed by atoms with Crippen molar-refractivity contribution in [3.63, 3.8) is 0 Å². The van der Waals surface area contributed by atoms with Crippen molar-refractivity contribution in [2.45, 2.75) is 33.6 Å². The van der Waals surface area contributed by atoms with Crippen LogP contribution in [0, 0.1) is 0 Å². The van der Waals surface area contributed by atoms with E-state index in [1.54, 1.807) is 29.2 Å². The molecule has 1 N–H and O–H groups in total. The van der Waals surface area contributed by atoms with Crippen LogP contribution in [0.5, 0.6) is 0 Å². The van der Waals surface area contributed by atoms with Gasteiger partial charge in [0.2, 0.25) is 5.91 Å². The highest BCUT2D eigenvalue weighted by atomic mass is 16.2. The molecule has 1 aromatic carbocycles. The van der Waals surface area contributed by atoms with Crippen LogP contribution in [0.4, 0.5) is 5.69 Å². The molecule has 0 saturated carbocycles. The largest absolute Gasteiger partial charge is 0.339 e. The van der Waals surface area contributed by atoms with Crippen LogP contribution in [-0.4, -0.2) is 29.8 Å². The number of carbonyl (C=O) groups excluding carboxylic acids is 2. The Morgan fingerprint density at radius 2 is 1.84 bits per heavy atom. The Hall–Kier alpha value is -1.84. The first-order chi connectivity index (χ1) is 9.12. The molecule has 0 heterocycles. The number of carbonyl (C=O) groups is 2. The average Bonchev–Trinajstić information content (AvgIpc) is 2.40. The van der Waals surface area contributed by atoms with E-state index >= 15 is 0 Å². The molecule has 0 bridgehead atoms. The van der Waals surface area contributed by atoms with Crippen molar-refractivity contribution in [3.8, 4) is 0 Å². The maximum absolute atomic E-state index is 12.2. The first kappa shape index (κ1) is 15.2. The molecule has 0 aliphatic heterocycles. The van der Waals surface area contributed by atoms with Crippen molar-refractivity contribution < 1.29 is 9.59 Å². The summed E-state index contributed by atoms with van der Waals surface area (Å²) in [5, 5.41) is 2.80. The number of hydrogen-bond donors (Lipinski definition) is 1. The van der Waals surface area contributed by atoms with Crippen LogP contribution in [0.1, 0.15) is 44.0 Å². The molecule has 0 radical (unpaired) electrons. The van der Waals surface area contributed by atoms with Gasteiger partial charge in [-0.3, -0.25) is 9.59 Å². The Bertz CT molecular complexity index is 440. The lowest BCUT2D eigenvalue weighted by atomic mass is 10.1. The van der Waals surface area contributed by atoms with E-state index in [1.807, 2.05) is 20.8 Å². The van der Waals surface area contributed by atoms with Crippen LogP contribution in [0.3, 0.4) is 0 Å². The summed E-state index contributed by atoms with van der Waals surface area (Å²) >= 11 is 0. The highest BCUT2D eigenvalue weighted by Crippen LogP contribution is 2.13. The highest BCUT2D eigenvalue weighted by molar-refractivity contribution is 5.97. The molecule has 0 aromatic heterocycles. The van der Waals surface area contributed by atoms with E-state index in [4.69, 9.17) is 0 Å². The van der Waals surface area contributed by atoms with Gasteiger partial charge in [0.1, 0.15) is 0 Å². The first-order valence-electron chi connectivity index (χ1n) is 6.81. The fraction of sp³-hybridized carbons (Fsp3) is 0.467. The van der Waals surface area contributed by atoms with Crippen molar-refractivity contribution in [3.05, 3.63) is 29.8 Å². The number of anilines is 1. The van der Waals surface area contributed by atoms with E-state index in [-0.39, 0.29) is 11.8 Å². The van der Waals surface area contributed by atoms with E-state index in [2.05, 4.69) is 5.32 Å². The van der Waals surface area contributed by atoms with Crippen LogP contribution in [-0.2, 0) is 4.79 Å². The predicted molar refractivity (Wildman–Crippen MR) is 77.2 cm³/mol. The van der Waals surface area contributed by atoms with Crippen molar-refractivity contribution >= 4 is 17.5 Å². The maximum atomic E-state index is 12.2. The Labute approximate surface area is 114 Å². The van der Waals surface area contributed by atoms with Gasteiger partial charge in [-0.05, 0) is 38.5 Å². The van der Waals surface area contributed by atoms with Gasteiger partial charge in [-0.25, -0.2) is 0 Å². The van der Waals surface area contributed by atoms with Crippen LogP contribution in [0.25, 0.3) is 0 Å². The first-order valence-corrected chi connectivity index (χ1v) is 6.81. The molecule has 1 aromatic rings. The molecule has 1 rings (SSSR count). The van der Waals surface area contributed by atoms with Gasteiger partial charge < -0.3 is 10.2 Å². The monoisotopic (exact) mass is 262 g/mol. The van der Waals surface area contributed by atoms with Gasteiger partial charge in [0.05, 0.1) is 0 Å². The minimum atomic E-state index is -0.0186. The summed E-state index contributed by atoms with van der Waals surface area (Å²) in [5.74, 6) is -0.0217. The predicted octanol–water partition coefficient (Wildman–Crippen LogP) is 2.91. The molecule has 19 heavy (non-hydrogen) atoms. The third-order valence-electron chi connectivity index (χ3n) is 2.92. The smallest absolute Gasteiger partial charge is 0.253 e. The Balaban J connectivity index is 2.82. The molecule has 0 unspecified atom stereocenters. The SMILES string of the molecule is CCCC(=O)Nc1cccc(C(=O)N(CC)CC)c1. The molecule has 0 fully saturated rings. The van der Waals surface area contributed by atoms with E-state index < -0.39 is 0 Å². The van der Waals surface area contributed by atoms with Gasteiger partial charge >= 0.3 is 0 Å². The zero-order chi connectivity index (χ0) is 14.3. The summed E-state index contributed by atoms with van der Waals surface area (Å²) in [6, 6.07) is 7.09. The van der Waals surface area contributed by atoms with Gasteiger partial charge in [0, 0.05) is 30.8 Å². The second kappa shape index (κ2) is 7.56. The van der Waals surface area contributed by atoms with Gasteiger partial charge in [0.15, 0.2) is 0 Å². The zero-order valence-electron chi connectivity index (χ0n) is 11.9. The lowest BCUT2D eigenvalue weighted by Gasteiger charge is -2.19. The summed E-state index contributed by atoms with van der Waals surface area (Å²) in [6.45, 7) is 7.23. The topological polar surface area (TPSA) is 49.4 Å². The van der Waals surface area contributed by atoms with Gasteiger partial charge in [-0.2, -0.15) is 0 Å². The third kappa shape index (κ3) is 4.39. The quantitative estimate of drug-likeness (QED) is 0.857. The molecular formula is C15H22N2O2. The molecule has 0 atom stereocenters. The van der Waals surface area contributed by atoms with Crippen molar-refractivity contribution in [2.24, 2.45) is 0 Å². The molecule has 0 aliphatic rings. The van der Waals surface area contributed by atoms with E-state index in [0.717, 1.165) is 6.42 Å². The second-order valence-electron chi connectivity index (χ2n) is 4.36. The maximum Gasteiger partial charge on any atom is 0.253 e. The standard InChI is InChI=1S/C15H22N2O2/c1-4-8-14(18)16-13-10-7-9-12(11-13)15(19)17(5-2)6-3/h7,9-11H,4-6,8H2,1-3H3,(H,16,18). The lowest BCUT2D eigenvalue weighted by Crippen LogP contribution is -2.30. The number of rotatable bonds is 6. The second-order valence-corrected chi connectivity index (χ2v) is 4.36. The Kier molecular flexibility index (Phi) is 6.06. The summed E-state index contributed by atoms with van der Waals surface area (Å²) < 4.78 is 0.